The van der Waals surface area contributed by atoms with Crippen molar-refractivity contribution in [3.63, 3.8) is 0 Å². The summed E-state index contributed by atoms with van der Waals surface area (Å²) in [5.74, 6) is 0.953. The van der Waals surface area contributed by atoms with Crippen LogP contribution in [0.2, 0.25) is 0 Å². The highest BCUT2D eigenvalue weighted by Gasteiger charge is 2.08. The Hall–Kier alpha value is -0.800. The van der Waals surface area contributed by atoms with Crippen molar-refractivity contribution in [3.05, 3.63) is 40.9 Å². The summed E-state index contributed by atoms with van der Waals surface area (Å²) in [5.41, 5.74) is 1.19. The van der Waals surface area contributed by atoms with Crippen molar-refractivity contribution in [3.8, 4) is 5.75 Å². The van der Waals surface area contributed by atoms with Gasteiger partial charge in [0.1, 0.15) is 5.75 Å². The van der Waals surface area contributed by atoms with Gasteiger partial charge in [-0.05, 0) is 34.8 Å². The Bertz CT molecular complexity index is 377. The van der Waals surface area contributed by atoms with Crippen LogP contribution in [0.1, 0.15) is 32.3 Å². The SMILES string of the molecule is C=CCCCOc1c(Br)cccc1CNC(C)C. The van der Waals surface area contributed by atoms with E-state index < -0.39 is 0 Å². The fraction of sp³-hybridized carbons (Fsp3) is 0.467. The van der Waals surface area contributed by atoms with Gasteiger partial charge in [0.2, 0.25) is 0 Å². The summed E-state index contributed by atoms with van der Waals surface area (Å²) < 4.78 is 6.89. The number of hydrogen-bond acceptors (Lipinski definition) is 2. The van der Waals surface area contributed by atoms with Crippen molar-refractivity contribution in [2.24, 2.45) is 0 Å². The summed E-state index contributed by atoms with van der Waals surface area (Å²) in [6.07, 6.45) is 3.91. The lowest BCUT2D eigenvalue weighted by Crippen LogP contribution is -2.22. The molecule has 0 aliphatic rings. The fourth-order valence-corrected chi connectivity index (χ4v) is 2.09. The predicted molar refractivity (Wildman–Crippen MR) is 81.0 cm³/mol. The molecule has 0 spiro atoms. The lowest BCUT2D eigenvalue weighted by molar-refractivity contribution is 0.306. The Kier molecular flexibility index (Phi) is 7.06. The van der Waals surface area contributed by atoms with Gasteiger partial charge in [0, 0.05) is 18.2 Å². The van der Waals surface area contributed by atoms with Crippen LogP contribution in [0.25, 0.3) is 0 Å². The third kappa shape index (κ3) is 5.23. The maximum atomic E-state index is 5.87. The van der Waals surface area contributed by atoms with Crippen molar-refractivity contribution < 1.29 is 4.74 Å². The first-order valence-corrected chi connectivity index (χ1v) is 7.19. The van der Waals surface area contributed by atoms with E-state index in [9.17, 15) is 0 Å². The topological polar surface area (TPSA) is 21.3 Å². The highest BCUT2D eigenvalue weighted by atomic mass is 79.9. The molecule has 0 heterocycles. The lowest BCUT2D eigenvalue weighted by Gasteiger charge is -2.15. The quantitative estimate of drug-likeness (QED) is 0.571. The maximum absolute atomic E-state index is 5.87. The van der Waals surface area contributed by atoms with Crippen molar-refractivity contribution in [2.45, 2.75) is 39.3 Å². The highest BCUT2D eigenvalue weighted by Crippen LogP contribution is 2.29. The van der Waals surface area contributed by atoms with Crippen molar-refractivity contribution >= 4 is 15.9 Å². The molecule has 18 heavy (non-hydrogen) atoms. The number of allylic oxidation sites excluding steroid dienone is 1. The molecular weight excluding hydrogens is 290 g/mol. The number of rotatable bonds is 8. The number of para-hydroxylation sites is 1. The second-order valence-electron chi connectivity index (χ2n) is 4.54. The molecule has 0 fully saturated rings. The first kappa shape index (κ1) is 15.3. The Labute approximate surface area is 119 Å². The molecule has 1 aromatic rings. The van der Waals surface area contributed by atoms with Gasteiger partial charge in [-0.15, -0.1) is 6.58 Å². The van der Waals surface area contributed by atoms with Crippen LogP contribution in [-0.4, -0.2) is 12.6 Å². The van der Waals surface area contributed by atoms with E-state index in [0.29, 0.717) is 6.04 Å². The molecule has 0 unspecified atom stereocenters. The van der Waals surface area contributed by atoms with Gasteiger partial charge >= 0.3 is 0 Å². The molecule has 2 nitrogen and oxygen atoms in total. The van der Waals surface area contributed by atoms with Gasteiger partial charge in [-0.2, -0.15) is 0 Å². The average molecular weight is 312 g/mol. The number of halogens is 1. The standard InChI is InChI=1S/C15H22BrNO/c1-4-5-6-10-18-15-13(11-17-12(2)3)8-7-9-14(15)16/h4,7-9,12,17H,1,5-6,10-11H2,2-3H3. The van der Waals surface area contributed by atoms with E-state index in [2.05, 4.69) is 47.7 Å². The number of unbranched alkanes of at least 4 members (excludes halogenated alkanes) is 1. The van der Waals surface area contributed by atoms with Gasteiger partial charge in [-0.25, -0.2) is 0 Å². The maximum Gasteiger partial charge on any atom is 0.137 e. The molecule has 0 bridgehead atoms. The monoisotopic (exact) mass is 311 g/mol. The summed E-state index contributed by atoms with van der Waals surface area (Å²) in [4.78, 5) is 0. The third-order valence-electron chi connectivity index (χ3n) is 2.55. The van der Waals surface area contributed by atoms with Crippen LogP contribution in [-0.2, 0) is 6.54 Å². The summed E-state index contributed by atoms with van der Waals surface area (Å²) in [7, 11) is 0. The molecule has 0 aliphatic heterocycles. The van der Waals surface area contributed by atoms with E-state index >= 15 is 0 Å². The van der Waals surface area contributed by atoms with E-state index in [0.717, 1.165) is 36.2 Å². The van der Waals surface area contributed by atoms with E-state index in [1.165, 1.54) is 5.56 Å². The van der Waals surface area contributed by atoms with Crippen molar-refractivity contribution in [2.75, 3.05) is 6.61 Å². The molecule has 0 saturated heterocycles. The van der Waals surface area contributed by atoms with Crippen LogP contribution in [0.5, 0.6) is 5.75 Å². The van der Waals surface area contributed by atoms with Crippen LogP contribution < -0.4 is 10.1 Å². The molecule has 1 N–H and O–H groups in total. The van der Waals surface area contributed by atoms with Crippen molar-refractivity contribution in [1.82, 2.24) is 5.32 Å². The summed E-state index contributed by atoms with van der Waals surface area (Å²) in [6, 6.07) is 6.63. The Morgan fingerprint density at radius 2 is 2.22 bits per heavy atom. The molecule has 0 aliphatic carbocycles. The van der Waals surface area contributed by atoms with E-state index in [1.54, 1.807) is 0 Å². The fourth-order valence-electron chi connectivity index (χ4n) is 1.57. The summed E-state index contributed by atoms with van der Waals surface area (Å²) in [6.45, 7) is 9.55. The molecule has 0 amide bonds. The third-order valence-corrected chi connectivity index (χ3v) is 3.17. The molecule has 1 aromatic carbocycles. The van der Waals surface area contributed by atoms with Crippen LogP contribution in [0.15, 0.2) is 35.3 Å². The van der Waals surface area contributed by atoms with E-state index in [-0.39, 0.29) is 0 Å². The molecule has 0 saturated carbocycles. The van der Waals surface area contributed by atoms with Gasteiger partial charge in [-0.1, -0.05) is 32.1 Å². The molecule has 1 rings (SSSR count). The minimum Gasteiger partial charge on any atom is -0.492 e. The molecule has 0 aromatic heterocycles. The second-order valence-corrected chi connectivity index (χ2v) is 5.40. The average Bonchev–Trinajstić information content (AvgIpc) is 2.34. The largest absolute Gasteiger partial charge is 0.492 e. The minimum atomic E-state index is 0.470. The first-order valence-electron chi connectivity index (χ1n) is 6.39. The van der Waals surface area contributed by atoms with E-state index in [1.807, 2.05) is 18.2 Å². The van der Waals surface area contributed by atoms with Crippen LogP contribution >= 0.6 is 15.9 Å². The zero-order chi connectivity index (χ0) is 13.4. The summed E-state index contributed by atoms with van der Waals surface area (Å²) >= 11 is 3.55. The molecule has 3 heteroatoms. The minimum absolute atomic E-state index is 0.470. The Morgan fingerprint density at radius 1 is 1.44 bits per heavy atom. The first-order chi connectivity index (χ1) is 8.65. The molecule has 0 atom stereocenters. The smallest absolute Gasteiger partial charge is 0.137 e. The van der Waals surface area contributed by atoms with Gasteiger partial charge in [0.05, 0.1) is 11.1 Å². The van der Waals surface area contributed by atoms with Gasteiger partial charge < -0.3 is 10.1 Å². The normalized spacial score (nSPS) is 10.7. The van der Waals surface area contributed by atoms with E-state index in [4.69, 9.17) is 4.74 Å². The summed E-state index contributed by atoms with van der Waals surface area (Å²) in [5, 5.41) is 3.41. The number of nitrogens with one attached hydrogen (secondary N) is 1. The predicted octanol–water partition coefficient (Wildman–Crippen LogP) is 4.29. The molecular formula is C15H22BrNO. The van der Waals surface area contributed by atoms with Gasteiger partial charge in [-0.3, -0.25) is 0 Å². The van der Waals surface area contributed by atoms with Crippen LogP contribution in [0.4, 0.5) is 0 Å². The van der Waals surface area contributed by atoms with Crippen molar-refractivity contribution in [1.29, 1.82) is 0 Å². The second kappa shape index (κ2) is 8.33. The highest BCUT2D eigenvalue weighted by molar-refractivity contribution is 9.10. The van der Waals surface area contributed by atoms with Gasteiger partial charge in [0.25, 0.3) is 0 Å². The number of benzene rings is 1. The van der Waals surface area contributed by atoms with Crippen LogP contribution in [0, 0.1) is 0 Å². The zero-order valence-electron chi connectivity index (χ0n) is 11.2. The molecule has 100 valence electrons. The molecule has 0 radical (unpaired) electrons. The number of hydrogen-bond donors (Lipinski definition) is 1. The Morgan fingerprint density at radius 3 is 2.89 bits per heavy atom. The Balaban J connectivity index is 2.64. The number of ether oxygens (including phenoxy) is 1. The van der Waals surface area contributed by atoms with Gasteiger partial charge in [0.15, 0.2) is 0 Å². The lowest BCUT2D eigenvalue weighted by atomic mass is 10.2. The zero-order valence-corrected chi connectivity index (χ0v) is 12.8. The van der Waals surface area contributed by atoms with Crippen LogP contribution in [0.3, 0.4) is 0 Å².